The number of ether oxygens (including phenoxy) is 1. The Labute approximate surface area is 332 Å². The van der Waals surface area contributed by atoms with Crippen LogP contribution in [0, 0.1) is 0 Å². The van der Waals surface area contributed by atoms with E-state index in [-0.39, 0.29) is 11.7 Å². The molecule has 0 unspecified atom stereocenters. The minimum absolute atomic E-state index is 0.126. The van der Waals surface area contributed by atoms with Crippen LogP contribution in [0.15, 0.2) is 200 Å². The van der Waals surface area contributed by atoms with E-state index in [4.69, 9.17) is 9.57 Å². The van der Waals surface area contributed by atoms with Gasteiger partial charge in [-0.15, -0.1) is 0 Å². The Morgan fingerprint density at radius 3 is 1.35 bits per heavy atom. The van der Waals surface area contributed by atoms with Crippen LogP contribution in [0.5, 0.6) is 0 Å². The number of rotatable bonds is 14. The highest BCUT2D eigenvalue weighted by Gasteiger charge is 2.45. The smallest absolute Gasteiger partial charge is 0.427 e. The highest BCUT2D eigenvalue weighted by Crippen LogP contribution is 2.45. The van der Waals surface area contributed by atoms with E-state index < -0.39 is 39.6 Å². The molecule has 0 radical (unpaired) electrons. The topological polar surface area (TPSA) is 72.8 Å². The number of hydrogen-bond donors (Lipinski definition) is 1. The summed E-state index contributed by atoms with van der Waals surface area (Å²) in [5, 5.41) is 7.61. The summed E-state index contributed by atoms with van der Waals surface area (Å²) in [6.07, 6.45) is -3.65. The third-order valence-electron chi connectivity index (χ3n) is 9.36. The largest absolute Gasteiger partial charge is 0.457 e. The molecule has 284 valence electrons. The summed E-state index contributed by atoms with van der Waals surface area (Å²) in [6.45, 7) is 3.31. The highest BCUT2D eigenvalue weighted by atomic mass is 32.1. The maximum absolute atomic E-state index is 15.3. The number of benzene rings is 6. The van der Waals surface area contributed by atoms with Crippen LogP contribution < -0.4 is 5.32 Å². The summed E-state index contributed by atoms with van der Waals surface area (Å²) in [5.74, 6) is -1.18. The quantitative estimate of drug-likeness (QED) is 0.0391. The van der Waals surface area contributed by atoms with Gasteiger partial charge in [0.2, 0.25) is 11.3 Å². The second-order valence-electron chi connectivity index (χ2n) is 12.9. The first-order valence-corrected chi connectivity index (χ1v) is 18.8. The number of halogens is 3. The first-order chi connectivity index (χ1) is 27.8. The van der Waals surface area contributed by atoms with Crippen molar-refractivity contribution < 1.29 is 27.5 Å². The second-order valence-corrected chi connectivity index (χ2v) is 13.9. The van der Waals surface area contributed by atoms with Crippen molar-refractivity contribution in [3.63, 3.8) is 0 Å². The number of nitrogens with one attached hydrogen (secondary N) is 1. The Balaban J connectivity index is 1.45. The molecule has 6 nitrogen and oxygen atoms in total. The summed E-state index contributed by atoms with van der Waals surface area (Å²) in [6, 6.07) is 55.6. The van der Waals surface area contributed by atoms with E-state index >= 15 is 13.2 Å². The summed E-state index contributed by atoms with van der Waals surface area (Å²) < 4.78 is 51.2. The van der Waals surface area contributed by atoms with Gasteiger partial charge in [-0.1, -0.05) is 211 Å². The SMILES string of the molecule is C=CCOC(=O)C(=NOC(c1ccccc1)(c1ccccc1)c1ccccc1)c1nc(NC(c2ccccc2)(c2ccccc2)c2ccccc2)sc1C(F)(F)F. The molecule has 0 aliphatic rings. The molecular formula is C47H36F3N3O3S. The summed E-state index contributed by atoms with van der Waals surface area (Å²) in [4.78, 5) is 23.9. The molecule has 0 saturated heterocycles. The van der Waals surface area contributed by atoms with Crippen LogP contribution in [-0.2, 0) is 31.7 Å². The Kier molecular flexibility index (Phi) is 11.4. The third kappa shape index (κ3) is 7.85. The van der Waals surface area contributed by atoms with Gasteiger partial charge >= 0.3 is 12.1 Å². The summed E-state index contributed by atoms with van der Waals surface area (Å²) >= 11 is 0.358. The van der Waals surface area contributed by atoms with Crippen molar-refractivity contribution in [3.8, 4) is 0 Å². The lowest BCUT2D eigenvalue weighted by atomic mass is 9.77. The lowest BCUT2D eigenvalue weighted by Gasteiger charge is -2.36. The zero-order valence-electron chi connectivity index (χ0n) is 30.5. The van der Waals surface area contributed by atoms with Crippen molar-refractivity contribution >= 4 is 28.1 Å². The van der Waals surface area contributed by atoms with Crippen molar-refractivity contribution in [1.82, 2.24) is 4.98 Å². The van der Waals surface area contributed by atoms with E-state index in [1.807, 2.05) is 182 Å². The molecule has 0 bridgehead atoms. The minimum atomic E-state index is -4.96. The van der Waals surface area contributed by atoms with Gasteiger partial charge in [0.15, 0.2) is 5.13 Å². The number of nitrogens with zero attached hydrogens (tertiary/aromatic N) is 2. The van der Waals surface area contributed by atoms with Crippen LogP contribution in [0.1, 0.15) is 44.0 Å². The third-order valence-corrected chi connectivity index (χ3v) is 10.4. The molecule has 7 rings (SSSR count). The van der Waals surface area contributed by atoms with Gasteiger partial charge in [-0.2, -0.15) is 13.2 Å². The number of carbonyl (C=O) groups excluding carboxylic acids is 1. The van der Waals surface area contributed by atoms with Crippen molar-refractivity contribution in [2.75, 3.05) is 11.9 Å². The van der Waals surface area contributed by atoms with Gasteiger partial charge in [0.25, 0.3) is 0 Å². The number of oxime groups is 1. The second kappa shape index (κ2) is 16.9. The van der Waals surface area contributed by atoms with Crippen LogP contribution in [0.3, 0.4) is 0 Å². The van der Waals surface area contributed by atoms with Gasteiger partial charge < -0.3 is 14.9 Å². The van der Waals surface area contributed by atoms with Gasteiger partial charge in [-0.25, -0.2) is 9.78 Å². The van der Waals surface area contributed by atoms with Crippen LogP contribution in [0.2, 0.25) is 0 Å². The molecule has 0 aliphatic carbocycles. The van der Waals surface area contributed by atoms with Gasteiger partial charge in [-0.3, -0.25) is 0 Å². The molecule has 1 N–H and O–H groups in total. The normalized spacial score (nSPS) is 12.1. The van der Waals surface area contributed by atoms with Gasteiger partial charge in [0, 0.05) is 16.7 Å². The lowest BCUT2D eigenvalue weighted by molar-refractivity contribution is -0.135. The molecule has 0 saturated carbocycles. The predicted molar refractivity (Wildman–Crippen MR) is 218 cm³/mol. The first-order valence-electron chi connectivity index (χ1n) is 18.0. The Morgan fingerprint density at radius 1 is 0.632 bits per heavy atom. The maximum atomic E-state index is 15.3. The molecular weight excluding hydrogens is 744 g/mol. The average molecular weight is 780 g/mol. The van der Waals surface area contributed by atoms with Gasteiger partial charge in [-0.05, 0) is 16.7 Å². The molecule has 0 amide bonds. The molecule has 7 aromatic rings. The average Bonchev–Trinajstić information content (AvgIpc) is 3.69. The van der Waals surface area contributed by atoms with Crippen LogP contribution in [-0.4, -0.2) is 23.3 Å². The number of hydrogen-bond acceptors (Lipinski definition) is 7. The number of anilines is 1. The van der Waals surface area contributed by atoms with E-state index in [2.05, 4.69) is 22.0 Å². The van der Waals surface area contributed by atoms with E-state index in [1.165, 1.54) is 6.08 Å². The highest BCUT2D eigenvalue weighted by molar-refractivity contribution is 7.16. The Bertz CT molecular complexity index is 2230. The number of alkyl halides is 3. The van der Waals surface area contributed by atoms with Crippen LogP contribution in [0.4, 0.5) is 18.3 Å². The van der Waals surface area contributed by atoms with E-state index in [9.17, 15) is 4.79 Å². The van der Waals surface area contributed by atoms with Crippen molar-refractivity contribution in [2.45, 2.75) is 17.3 Å². The molecule has 6 aromatic carbocycles. The van der Waals surface area contributed by atoms with E-state index in [0.29, 0.717) is 28.0 Å². The van der Waals surface area contributed by atoms with Crippen molar-refractivity contribution in [3.05, 3.63) is 239 Å². The molecule has 0 spiro atoms. The fourth-order valence-corrected chi connectivity index (χ4v) is 7.73. The Morgan fingerprint density at radius 2 is 1.00 bits per heavy atom. The molecule has 1 aromatic heterocycles. The molecule has 1 heterocycles. The van der Waals surface area contributed by atoms with Crippen LogP contribution >= 0.6 is 11.3 Å². The standard InChI is InChI=1S/C47H36F3N3O3S/c1-2-33-55-43(54)41(53-56-46(37-27-15-6-16-28-37,38-29-17-7-18-30-38)39-31-19-8-20-32-39)40-42(47(48,49)50)57-44(51-40)52-45(34-21-9-3-10-22-34,35-23-11-4-12-24-35)36-25-13-5-14-26-36/h2-32H,1,33H2,(H,51,52). The first kappa shape index (κ1) is 38.5. The Hall–Kier alpha value is -6.78. The fraction of sp³-hybridized carbons (Fsp3) is 0.0851. The number of esters is 1. The lowest BCUT2D eigenvalue weighted by Crippen LogP contribution is -2.38. The minimum Gasteiger partial charge on any atom is -0.457 e. The molecule has 0 fully saturated rings. The van der Waals surface area contributed by atoms with E-state index in [1.54, 1.807) is 0 Å². The van der Waals surface area contributed by atoms with Crippen LogP contribution in [0.25, 0.3) is 0 Å². The number of carbonyl (C=O) groups is 1. The molecule has 10 heteroatoms. The van der Waals surface area contributed by atoms with E-state index in [0.717, 1.165) is 16.7 Å². The fourth-order valence-electron chi connectivity index (χ4n) is 6.84. The van der Waals surface area contributed by atoms with Crippen molar-refractivity contribution in [2.24, 2.45) is 5.16 Å². The zero-order chi connectivity index (χ0) is 39.7. The number of thiazole rings is 1. The molecule has 0 atom stereocenters. The zero-order valence-corrected chi connectivity index (χ0v) is 31.3. The predicted octanol–water partition coefficient (Wildman–Crippen LogP) is 11.0. The maximum Gasteiger partial charge on any atom is 0.427 e. The molecule has 57 heavy (non-hydrogen) atoms. The summed E-state index contributed by atoms with van der Waals surface area (Å²) in [5.41, 5.74) is -0.203. The monoisotopic (exact) mass is 779 g/mol. The van der Waals surface area contributed by atoms with Gasteiger partial charge in [0.1, 0.15) is 22.7 Å². The van der Waals surface area contributed by atoms with Crippen molar-refractivity contribution in [1.29, 1.82) is 0 Å². The van der Waals surface area contributed by atoms with Gasteiger partial charge in [0.05, 0.1) is 0 Å². The molecule has 0 aliphatic heterocycles. The summed E-state index contributed by atoms with van der Waals surface area (Å²) in [7, 11) is 0. The number of aromatic nitrogens is 1.